The van der Waals surface area contributed by atoms with Crippen LogP contribution < -0.4 is 0 Å². The molecule has 10 heavy (non-hydrogen) atoms. The molecule has 1 saturated heterocycles. The summed E-state index contributed by atoms with van der Waals surface area (Å²) in [6.07, 6.45) is 0. The van der Waals surface area contributed by atoms with Crippen molar-refractivity contribution >= 4 is 5.91 Å². The molecule has 0 aromatic rings. The first-order valence-corrected chi connectivity index (χ1v) is 3.27. The Morgan fingerprint density at radius 2 is 2.30 bits per heavy atom. The van der Waals surface area contributed by atoms with Gasteiger partial charge in [-0.25, -0.2) is 5.01 Å². The van der Waals surface area contributed by atoms with Crippen LogP contribution in [0.1, 0.15) is 0 Å². The highest BCUT2D eigenvalue weighted by Crippen LogP contribution is 1.99. The molecule has 4 nitrogen and oxygen atoms in total. The second-order valence-electron chi connectivity index (χ2n) is 2.42. The fraction of sp³-hybridized carbons (Fsp3) is 0.833. The van der Waals surface area contributed by atoms with E-state index in [1.807, 2.05) is 14.1 Å². The van der Waals surface area contributed by atoms with Gasteiger partial charge in [-0.15, -0.1) is 0 Å². The lowest BCUT2D eigenvalue weighted by Crippen LogP contribution is -2.48. The molecule has 1 heterocycles. The molecule has 0 aliphatic carbocycles. The number of hydrazine groups is 1. The van der Waals surface area contributed by atoms with Gasteiger partial charge in [0, 0.05) is 14.1 Å². The molecule has 0 spiro atoms. The third-order valence-electron chi connectivity index (χ3n) is 1.44. The third kappa shape index (κ3) is 1.46. The van der Waals surface area contributed by atoms with Crippen LogP contribution in [0.4, 0.5) is 0 Å². The summed E-state index contributed by atoms with van der Waals surface area (Å²) in [5.74, 6) is 0.0382. The number of morpholine rings is 1. The van der Waals surface area contributed by atoms with Gasteiger partial charge in [0.1, 0.15) is 6.61 Å². The minimum Gasteiger partial charge on any atom is -0.370 e. The second-order valence-corrected chi connectivity index (χ2v) is 2.42. The molecule has 0 aromatic carbocycles. The monoisotopic (exact) mass is 144 g/mol. The van der Waals surface area contributed by atoms with Gasteiger partial charge in [-0.3, -0.25) is 9.80 Å². The fourth-order valence-electron chi connectivity index (χ4n) is 0.933. The largest absolute Gasteiger partial charge is 0.370 e. The topological polar surface area (TPSA) is 32.8 Å². The maximum absolute atomic E-state index is 11.0. The van der Waals surface area contributed by atoms with Crippen molar-refractivity contribution in [1.29, 1.82) is 0 Å². The lowest BCUT2D eigenvalue weighted by Gasteiger charge is -2.31. The molecule has 0 aromatic heterocycles. The van der Waals surface area contributed by atoms with Gasteiger partial charge in [-0.1, -0.05) is 0 Å². The predicted octanol–water partition coefficient (Wildman–Crippen LogP) is -0.678. The molecule has 0 unspecified atom stereocenters. The quantitative estimate of drug-likeness (QED) is 0.489. The number of carbonyl (C=O) groups is 1. The summed E-state index contributed by atoms with van der Waals surface area (Å²) in [5, 5.41) is 3.45. The highest BCUT2D eigenvalue weighted by Gasteiger charge is 2.19. The van der Waals surface area contributed by atoms with Crippen LogP contribution in [0.2, 0.25) is 0 Å². The number of hydrogen-bond donors (Lipinski definition) is 0. The Labute approximate surface area is 60.3 Å². The Morgan fingerprint density at radius 3 is 2.70 bits per heavy atom. The van der Waals surface area contributed by atoms with E-state index in [1.165, 1.54) is 0 Å². The van der Waals surface area contributed by atoms with E-state index in [0.717, 1.165) is 0 Å². The van der Waals surface area contributed by atoms with Gasteiger partial charge in [-0.2, -0.15) is 0 Å². The Kier molecular flexibility index (Phi) is 2.24. The van der Waals surface area contributed by atoms with Crippen molar-refractivity contribution < 1.29 is 9.53 Å². The molecule has 0 radical (unpaired) electrons. The molecule has 0 atom stereocenters. The van der Waals surface area contributed by atoms with Crippen molar-refractivity contribution in [2.45, 2.75) is 0 Å². The smallest absolute Gasteiger partial charge is 0.262 e. The first-order valence-electron chi connectivity index (χ1n) is 3.27. The maximum atomic E-state index is 11.0. The lowest BCUT2D eigenvalue weighted by atomic mass is 10.5. The average molecular weight is 144 g/mol. The van der Waals surface area contributed by atoms with Crippen molar-refractivity contribution in [3.8, 4) is 0 Å². The minimum atomic E-state index is 0.0382. The first-order chi connectivity index (χ1) is 4.72. The van der Waals surface area contributed by atoms with E-state index in [9.17, 15) is 4.79 Å². The molecule has 1 rings (SSSR count). The molecule has 1 aliphatic rings. The number of carbonyl (C=O) groups excluding carboxylic acids is 1. The number of amides is 1. The minimum absolute atomic E-state index is 0.0382. The van der Waals surface area contributed by atoms with Crippen LogP contribution in [0.5, 0.6) is 0 Å². The highest BCUT2D eigenvalue weighted by molar-refractivity contribution is 5.77. The zero-order valence-electron chi connectivity index (χ0n) is 6.33. The molecule has 58 valence electrons. The summed E-state index contributed by atoms with van der Waals surface area (Å²) >= 11 is 0. The van der Waals surface area contributed by atoms with Crippen LogP contribution in [-0.2, 0) is 9.53 Å². The van der Waals surface area contributed by atoms with E-state index in [4.69, 9.17) is 4.74 Å². The van der Waals surface area contributed by atoms with Gasteiger partial charge in [0.25, 0.3) is 5.91 Å². The van der Waals surface area contributed by atoms with Crippen molar-refractivity contribution in [2.24, 2.45) is 0 Å². The van der Waals surface area contributed by atoms with E-state index in [1.54, 1.807) is 10.0 Å². The van der Waals surface area contributed by atoms with Gasteiger partial charge in [0.15, 0.2) is 0 Å². The molecule has 0 N–H and O–H groups in total. The van der Waals surface area contributed by atoms with Crippen LogP contribution in [-0.4, -0.2) is 49.8 Å². The maximum Gasteiger partial charge on any atom is 0.262 e. The van der Waals surface area contributed by atoms with Crippen LogP contribution in [0.25, 0.3) is 0 Å². The zero-order chi connectivity index (χ0) is 7.56. The summed E-state index contributed by atoms with van der Waals surface area (Å²) in [5.41, 5.74) is 0. The average Bonchev–Trinajstić information content (AvgIpc) is 1.88. The predicted molar refractivity (Wildman–Crippen MR) is 36.2 cm³/mol. The lowest BCUT2D eigenvalue weighted by molar-refractivity contribution is -0.159. The normalized spacial score (nSPS) is 20.3. The SMILES string of the molecule is CN(C)N1CCOCC1=O. The van der Waals surface area contributed by atoms with Crippen LogP contribution in [0.15, 0.2) is 0 Å². The van der Waals surface area contributed by atoms with Gasteiger partial charge < -0.3 is 4.74 Å². The number of hydrogen-bond acceptors (Lipinski definition) is 3. The van der Waals surface area contributed by atoms with E-state index >= 15 is 0 Å². The molecule has 4 heteroatoms. The molecular weight excluding hydrogens is 132 g/mol. The molecular formula is C6H12N2O2. The number of ether oxygens (including phenoxy) is 1. The molecule has 0 bridgehead atoms. The van der Waals surface area contributed by atoms with Crippen molar-refractivity contribution in [2.75, 3.05) is 33.9 Å². The van der Waals surface area contributed by atoms with E-state index in [2.05, 4.69) is 0 Å². The second kappa shape index (κ2) is 2.98. The van der Waals surface area contributed by atoms with Gasteiger partial charge in [0.05, 0.1) is 13.2 Å². The number of nitrogens with zero attached hydrogens (tertiary/aromatic N) is 2. The Bertz CT molecular complexity index is 136. The standard InChI is InChI=1S/C6H12N2O2/c1-7(2)8-3-4-10-5-6(8)9/h3-5H2,1-2H3. The zero-order valence-corrected chi connectivity index (χ0v) is 6.33. The Balaban J connectivity index is 2.48. The van der Waals surface area contributed by atoms with Crippen LogP contribution in [0.3, 0.4) is 0 Å². The van der Waals surface area contributed by atoms with Crippen LogP contribution in [0, 0.1) is 0 Å². The molecule has 1 aliphatic heterocycles. The van der Waals surface area contributed by atoms with Crippen molar-refractivity contribution in [1.82, 2.24) is 10.0 Å². The molecule has 1 amide bonds. The summed E-state index contributed by atoms with van der Waals surface area (Å²) < 4.78 is 4.94. The van der Waals surface area contributed by atoms with E-state index in [0.29, 0.717) is 13.2 Å². The van der Waals surface area contributed by atoms with Gasteiger partial charge in [0.2, 0.25) is 0 Å². The van der Waals surface area contributed by atoms with E-state index < -0.39 is 0 Å². The molecule has 0 saturated carbocycles. The van der Waals surface area contributed by atoms with Crippen molar-refractivity contribution in [3.05, 3.63) is 0 Å². The summed E-state index contributed by atoms with van der Waals surface area (Å²) in [6, 6.07) is 0. The van der Waals surface area contributed by atoms with E-state index in [-0.39, 0.29) is 12.5 Å². The Morgan fingerprint density at radius 1 is 1.60 bits per heavy atom. The first kappa shape index (κ1) is 7.50. The van der Waals surface area contributed by atoms with Crippen molar-refractivity contribution in [3.63, 3.8) is 0 Å². The molecule has 1 fully saturated rings. The third-order valence-corrected chi connectivity index (χ3v) is 1.44. The number of rotatable bonds is 1. The Hall–Kier alpha value is -0.610. The summed E-state index contributed by atoms with van der Waals surface area (Å²) in [6.45, 7) is 1.54. The summed E-state index contributed by atoms with van der Waals surface area (Å²) in [4.78, 5) is 11.0. The fourth-order valence-corrected chi connectivity index (χ4v) is 0.933. The van der Waals surface area contributed by atoms with Gasteiger partial charge in [-0.05, 0) is 0 Å². The van der Waals surface area contributed by atoms with Gasteiger partial charge >= 0.3 is 0 Å². The highest BCUT2D eigenvalue weighted by atomic mass is 16.5. The summed E-state index contributed by atoms with van der Waals surface area (Å²) in [7, 11) is 3.70. The van der Waals surface area contributed by atoms with Crippen LogP contribution >= 0.6 is 0 Å².